The van der Waals surface area contributed by atoms with Gasteiger partial charge in [-0.3, -0.25) is 9.89 Å². The van der Waals surface area contributed by atoms with Crippen molar-refractivity contribution in [3.63, 3.8) is 0 Å². The van der Waals surface area contributed by atoms with Crippen molar-refractivity contribution in [1.29, 1.82) is 0 Å². The smallest absolute Gasteiger partial charge is 0.256 e. The zero-order chi connectivity index (χ0) is 13.1. The topological polar surface area (TPSA) is 83.8 Å². The summed E-state index contributed by atoms with van der Waals surface area (Å²) in [5, 5.41) is 9.54. The highest BCUT2D eigenvalue weighted by Gasteiger charge is 2.09. The van der Waals surface area contributed by atoms with Crippen molar-refractivity contribution in [2.75, 3.05) is 11.1 Å². The summed E-state index contributed by atoms with van der Waals surface area (Å²) in [5.74, 6) is 0.279. The maximum absolute atomic E-state index is 11.9. The highest BCUT2D eigenvalue weighted by atomic mass is 79.9. The number of nitrogen functional groups attached to an aromatic ring is 1. The number of aromatic nitrogens is 2. The molecule has 1 amide bonds. The molecular formula is C12H13BrN4O. The van der Waals surface area contributed by atoms with Gasteiger partial charge in [-0.25, -0.2) is 0 Å². The molecule has 0 saturated carbocycles. The number of carbonyl (C=O) groups is 1. The highest BCUT2D eigenvalue weighted by molar-refractivity contribution is 9.10. The Morgan fingerprint density at radius 3 is 2.89 bits per heavy atom. The lowest BCUT2D eigenvalue weighted by atomic mass is 10.2. The molecule has 0 aliphatic carbocycles. The number of nitrogens with one attached hydrogen (secondary N) is 2. The van der Waals surface area contributed by atoms with Crippen LogP contribution in [-0.4, -0.2) is 16.1 Å². The quantitative estimate of drug-likeness (QED) is 0.762. The van der Waals surface area contributed by atoms with Crippen molar-refractivity contribution in [1.82, 2.24) is 10.2 Å². The third-order valence-corrected chi connectivity index (χ3v) is 3.23. The molecule has 0 fully saturated rings. The van der Waals surface area contributed by atoms with Gasteiger partial charge in [-0.2, -0.15) is 5.10 Å². The van der Waals surface area contributed by atoms with Crippen LogP contribution in [0.4, 0.5) is 11.5 Å². The molecular weight excluding hydrogens is 296 g/mol. The van der Waals surface area contributed by atoms with E-state index in [-0.39, 0.29) is 5.91 Å². The summed E-state index contributed by atoms with van der Waals surface area (Å²) < 4.78 is 0.770. The number of rotatable bonds is 3. The van der Waals surface area contributed by atoms with E-state index in [2.05, 4.69) is 31.4 Å². The first kappa shape index (κ1) is 12.6. The van der Waals surface area contributed by atoms with Gasteiger partial charge in [0.25, 0.3) is 5.91 Å². The van der Waals surface area contributed by atoms with Crippen LogP contribution in [0.3, 0.4) is 0 Å². The van der Waals surface area contributed by atoms with E-state index in [0.717, 1.165) is 16.6 Å². The van der Waals surface area contributed by atoms with Crippen molar-refractivity contribution in [2.45, 2.75) is 13.3 Å². The molecule has 4 N–H and O–H groups in total. The molecule has 0 aliphatic rings. The van der Waals surface area contributed by atoms with Crippen LogP contribution >= 0.6 is 15.9 Å². The SMILES string of the molecule is CCc1cc(NC(=O)c2ccc(Br)c(N)c2)n[nH]1. The Balaban J connectivity index is 2.14. The molecule has 1 aromatic heterocycles. The molecule has 1 aromatic carbocycles. The van der Waals surface area contributed by atoms with Crippen molar-refractivity contribution >= 4 is 33.3 Å². The Morgan fingerprint density at radius 1 is 1.50 bits per heavy atom. The largest absolute Gasteiger partial charge is 0.398 e. The van der Waals surface area contributed by atoms with Crippen LogP contribution in [0, 0.1) is 0 Å². The molecule has 5 nitrogen and oxygen atoms in total. The third kappa shape index (κ3) is 2.70. The summed E-state index contributed by atoms with van der Waals surface area (Å²) in [7, 11) is 0. The van der Waals surface area contributed by atoms with Gasteiger partial charge in [-0.1, -0.05) is 6.92 Å². The number of benzene rings is 1. The third-order valence-electron chi connectivity index (χ3n) is 2.51. The number of hydrogen-bond donors (Lipinski definition) is 3. The summed E-state index contributed by atoms with van der Waals surface area (Å²) in [6, 6.07) is 6.86. The molecule has 18 heavy (non-hydrogen) atoms. The fourth-order valence-corrected chi connectivity index (χ4v) is 1.73. The summed E-state index contributed by atoms with van der Waals surface area (Å²) in [6.07, 6.45) is 0.841. The number of carbonyl (C=O) groups excluding carboxylic acids is 1. The molecule has 94 valence electrons. The number of nitrogens with zero attached hydrogens (tertiary/aromatic N) is 1. The second kappa shape index (κ2) is 5.22. The summed E-state index contributed by atoms with van der Waals surface area (Å²) in [4.78, 5) is 11.9. The number of nitrogens with two attached hydrogens (primary N) is 1. The van der Waals surface area contributed by atoms with E-state index in [1.54, 1.807) is 24.3 Å². The number of amides is 1. The number of halogens is 1. The molecule has 2 aromatic rings. The van der Waals surface area contributed by atoms with Crippen LogP contribution in [0.2, 0.25) is 0 Å². The Kier molecular flexibility index (Phi) is 3.66. The van der Waals surface area contributed by atoms with E-state index in [4.69, 9.17) is 5.73 Å². The average Bonchev–Trinajstić information content (AvgIpc) is 2.80. The van der Waals surface area contributed by atoms with Crippen LogP contribution in [0.1, 0.15) is 23.0 Å². The van der Waals surface area contributed by atoms with Crippen molar-refractivity contribution < 1.29 is 4.79 Å². The van der Waals surface area contributed by atoms with Gasteiger partial charge < -0.3 is 11.1 Å². The Morgan fingerprint density at radius 2 is 2.28 bits per heavy atom. The Labute approximate surface area is 113 Å². The van der Waals surface area contributed by atoms with E-state index in [1.165, 1.54) is 0 Å². The molecule has 0 radical (unpaired) electrons. The Bertz CT molecular complexity index is 579. The van der Waals surface area contributed by atoms with Gasteiger partial charge in [0.05, 0.1) is 0 Å². The van der Waals surface area contributed by atoms with Crippen molar-refractivity contribution in [3.8, 4) is 0 Å². The maximum atomic E-state index is 11.9. The van der Waals surface area contributed by atoms with Crippen molar-refractivity contribution in [3.05, 3.63) is 40.0 Å². The monoisotopic (exact) mass is 308 g/mol. The van der Waals surface area contributed by atoms with Gasteiger partial charge in [0.2, 0.25) is 0 Å². The van der Waals surface area contributed by atoms with Crippen LogP contribution in [0.5, 0.6) is 0 Å². The molecule has 0 unspecified atom stereocenters. The minimum Gasteiger partial charge on any atom is -0.398 e. The first-order valence-electron chi connectivity index (χ1n) is 5.51. The van der Waals surface area contributed by atoms with Crippen LogP contribution < -0.4 is 11.1 Å². The maximum Gasteiger partial charge on any atom is 0.256 e. The van der Waals surface area contributed by atoms with Gasteiger partial charge in [-0.05, 0) is 40.5 Å². The molecule has 1 heterocycles. The van der Waals surface area contributed by atoms with E-state index in [9.17, 15) is 4.79 Å². The molecule has 0 spiro atoms. The number of hydrogen-bond acceptors (Lipinski definition) is 3. The highest BCUT2D eigenvalue weighted by Crippen LogP contribution is 2.20. The van der Waals surface area contributed by atoms with Crippen LogP contribution in [0.15, 0.2) is 28.7 Å². The minimum absolute atomic E-state index is 0.233. The van der Waals surface area contributed by atoms with Crippen molar-refractivity contribution in [2.24, 2.45) is 0 Å². The van der Waals surface area contributed by atoms with Gasteiger partial charge in [0, 0.05) is 27.5 Å². The average molecular weight is 309 g/mol. The fraction of sp³-hybridized carbons (Fsp3) is 0.167. The second-order valence-corrected chi connectivity index (χ2v) is 4.68. The molecule has 2 rings (SSSR count). The van der Waals surface area contributed by atoms with Gasteiger partial charge >= 0.3 is 0 Å². The zero-order valence-electron chi connectivity index (χ0n) is 9.83. The number of aromatic amines is 1. The van der Waals surface area contributed by atoms with E-state index in [1.807, 2.05) is 6.92 Å². The zero-order valence-corrected chi connectivity index (χ0v) is 11.4. The first-order valence-corrected chi connectivity index (χ1v) is 6.30. The fourth-order valence-electron chi connectivity index (χ4n) is 1.48. The lowest BCUT2D eigenvalue weighted by molar-refractivity contribution is 0.102. The molecule has 0 aliphatic heterocycles. The second-order valence-electron chi connectivity index (χ2n) is 3.82. The predicted molar refractivity (Wildman–Crippen MR) is 74.5 cm³/mol. The predicted octanol–water partition coefficient (Wildman–Crippen LogP) is 2.57. The van der Waals surface area contributed by atoms with Gasteiger partial charge in [0.15, 0.2) is 5.82 Å². The van der Waals surface area contributed by atoms with E-state index in [0.29, 0.717) is 17.1 Å². The normalized spacial score (nSPS) is 10.3. The van der Waals surface area contributed by atoms with E-state index >= 15 is 0 Å². The summed E-state index contributed by atoms with van der Waals surface area (Å²) in [6.45, 7) is 2.01. The summed E-state index contributed by atoms with van der Waals surface area (Å²) >= 11 is 3.28. The standard InChI is InChI=1S/C12H13BrN4O/c1-2-8-6-11(17-16-8)15-12(18)7-3-4-9(13)10(14)5-7/h3-6H,2,14H2,1H3,(H2,15,16,17,18). The summed E-state index contributed by atoms with van der Waals surface area (Å²) in [5.41, 5.74) is 7.73. The number of H-pyrrole nitrogens is 1. The van der Waals surface area contributed by atoms with Gasteiger partial charge in [-0.15, -0.1) is 0 Å². The Hall–Kier alpha value is -1.82. The minimum atomic E-state index is -0.233. The molecule has 0 bridgehead atoms. The number of aryl methyl sites for hydroxylation is 1. The number of anilines is 2. The first-order chi connectivity index (χ1) is 8.60. The van der Waals surface area contributed by atoms with Crippen LogP contribution in [0.25, 0.3) is 0 Å². The van der Waals surface area contributed by atoms with Gasteiger partial charge in [0.1, 0.15) is 0 Å². The molecule has 0 atom stereocenters. The molecule has 6 heteroatoms. The van der Waals surface area contributed by atoms with E-state index < -0.39 is 0 Å². The lowest BCUT2D eigenvalue weighted by Gasteiger charge is -2.04. The molecule has 0 saturated heterocycles. The lowest BCUT2D eigenvalue weighted by Crippen LogP contribution is -2.12. The van der Waals surface area contributed by atoms with Crippen LogP contribution in [-0.2, 0) is 6.42 Å².